The summed E-state index contributed by atoms with van der Waals surface area (Å²) in [6.45, 7) is 0.913. The van der Waals surface area contributed by atoms with Gasteiger partial charge in [-0.2, -0.15) is 0 Å². The molecule has 6 nitrogen and oxygen atoms in total. The van der Waals surface area contributed by atoms with Gasteiger partial charge < -0.3 is 10.1 Å². The fraction of sp³-hybridized carbons (Fsp3) is 0.300. The Bertz CT molecular complexity index is 473. The van der Waals surface area contributed by atoms with Crippen molar-refractivity contribution >= 4 is 23.2 Å². The summed E-state index contributed by atoms with van der Waals surface area (Å²) in [5.41, 5.74) is -0.0582. The van der Waals surface area contributed by atoms with Crippen molar-refractivity contribution in [3.05, 3.63) is 38.9 Å². The average Bonchev–Trinajstić information content (AvgIpc) is 2.23. The number of rotatable bonds is 3. The third-order valence-electron chi connectivity index (χ3n) is 2.38. The second-order valence-corrected chi connectivity index (χ2v) is 4.04. The molecule has 2 rings (SSSR count). The van der Waals surface area contributed by atoms with E-state index in [0.29, 0.717) is 13.2 Å². The number of nitrogens with zero attached hydrogens (tertiary/aromatic N) is 1. The molecule has 0 radical (unpaired) electrons. The molecule has 0 bridgehead atoms. The van der Waals surface area contributed by atoms with Crippen LogP contribution >= 0.6 is 11.6 Å². The molecule has 1 N–H and O–H groups in total. The van der Waals surface area contributed by atoms with Crippen LogP contribution < -0.4 is 5.32 Å². The highest BCUT2D eigenvalue weighted by molar-refractivity contribution is 6.33. The summed E-state index contributed by atoms with van der Waals surface area (Å²) in [6, 6.07) is 3.71. The maximum atomic E-state index is 11.8. The van der Waals surface area contributed by atoms with E-state index in [0.717, 1.165) is 6.07 Å². The van der Waals surface area contributed by atoms with E-state index in [9.17, 15) is 14.9 Å². The predicted molar refractivity (Wildman–Crippen MR) is 60.2 cm³/mol. The Morgan fingerprint density at radius 2 is 2.24 bits per heavy atom. The monoisotopic (exact) mass is 256 g/mol. The number of carbonyl (C=O) groups excluding carboxylic acids is 1. The molecule has 0 unspecified atom stereocenters. The van der Waals surface area contributed by atoms with Gasteiger partial charge in [0.2, 0.25) is 0 Å². The van der Waals surface area contributed by atoms with E-state index in [4.69, 9.17) is 16.3 Å². The summed E-state index contributed by atoms with van der Waals surface area (Å²) >= 11 is 5.83. The molecule has 1 aliphatic rings. The Morgan fingerprint density at radius 3 is 2.76 bits per heavy atom. The van der Waals surface area contributed by atoms with E-state index in [-0.39, 0.29) is 22.3 Å². The topological polar surface area (TPSA) is 81.5 Å². The summed E-state index contributed by atoms with van der Waals surface area (Å²) in [6.07, 6.45) is 0. The molecular formula is C10H9ClN2O4. The van der Waals surface area contributed by atoms with Crippen molar-refractivity contribution in [3.63, 3.8) is 0 Å². The number of halogens is 1. The Labute approximate surface area is 102 Å². The van der Waals surface area contributed by atoms with Crippen LogP contribution in [-0.2, 0) is 4.74 Å². The van der Waals surface area contributed by atoms with Crippen molar-refractivity contribution in [2.45, 2.75) is 6.04 Å². The van der Waals surface area contributed by atoms with Crippen LogP contribution in [0.1, 0.15) is 10.4 Å². The van der Waals surface area contributed by atoms with Crippen LogP contribution in [-0.4, -0.2) is 30.1 Å². The van der Waals surface area contributed by atoms with Crippen molar-refractivity contribution in [2.24, 2.45) is 0 Å². The zero-order chi connectivity index (χ0) is 12.4. The number of carbonyl (C=O) groups is 1. The van der Waals surface area contributed by atoms with E-state index in [1.807, 2.05) is 0 Å². The summed E-state index contributed by atoms with van der Waals surface area (Å²) in [5.74, 6) is -0.424. The van der Waals surface area contributed by atoms with Crippen LogP contribution in [0.5, 0.6) is 0 Å². The summed E-state index contributed by atoms with van der Waals surface area (Å²) in [7, 11) is 0. The molecule has 7 heteroatoms. The Morgan fingerprint density at radius 1 is 1.53 bits per heavy atom. The van der Waals surface area contributed by atoms with Crippen LogP contribution in [0.15, 0.2) is 18.2 Å². The first-order valence-electron chi connectivity index (χ1n) is 4.90. The van der Waals surface area contributed by atoms with Crippen molar-refractivity contribution in [1.29, 1.82) is 0 Å². The number of benzene rings is 1. The first-order chi connectivity index (χ1) is 8.08. The molecule has 1 aliphatic heterocycles. The van der Waals surface area contributed by atoms with Crippen LogP contribution in [0.4, 0.5) is 5.69 Å². The lowest BCUT2D eigenvalue weighted by Crippen LogP contribution is -2.48. The molecule has 0 aromatic heterocycles. The number of nitrogens with one attached hydrogen (secondary N) is 1. The van der Waals surface area contributed by atoms with Gasteiger partial charge in [0.15, 0.2) is 0 Å². The molecule has 1 heterocycles. The van der Waals surface area contributed by atoms with Crippen LogP contribution in [0.25, 0.3) is 0 Å². The van der Waals surface area contributed by atoms with Gasteiger partial charge in [-0.05, 0) is 6.07 Å². The first kappa shape index (κ1) is 11.8. The van der Waals surface area contributed by atoms with Crippen LogP contribution in [0.3, 0.4) is 0 Å². The maximum absolute atomic E-state index is 11.8. The van der Waals surface area contributed by atoms with Crippen molar-refractivity contribution in [3.8, 4) is 0 Å². The Balaban J connectivity index is 2.20. The summed E-state index contributed by atoms with van der Waals surface area (Å²) in [5, 5.41) is 13.4. The number of ether oxygens (including phenoxy) is 1. The third-order valence-corrected chi connectivity index (χ3v) is 2.71. The van der Waals surface area contributed by atoms with Gasteiger partial charge in [0.1, 0.15) is 0 Å². The zero-order valence-electron chi connectivity index (χ0n) is 8.68. The molecule has 0 atom stereocenters. The number of hydrogen-bond donors (Lipinski definition) is 1. The molecular weight excluding hydrogens is 248 g/mol. The SMILES string of the molecule is O=C(NC1COC1)c1cc([N+](=O)[O-])ccc1Cl. The van der Waals surface area contributed by atoms with Gasteiger partial charge >= 0.3 is 0 Å². The lowest BCUT2D eigenvalue weighted by atomic mass is 10.1. The second-order valence-electron chi connectivity index (χ2n) is 3.63. The normalized spacial score (nSPS) is 15.1. The fourth-order valence-electron chi connectivity index (χ4n) is 1.38. The quantitative estimate of drug-likeness (QED) is 0.654. The molecule has 0 aliphatic carbocycles. The first-order valence-corrected chi connectivity index (χ1v) is 5.28. The van der Waals surface area contributed by atoms with Gasteiger partial charge in [0.25, 0.3) is 11.6 Å². The van der Waals surface area contributed by atoms with E-state index in [2.05, 4.69) is 5.32 Å². The Kier molecular flexibility index (Phi) is 3.26. The predicted octanol–water partition coefficient (Wildman–Crippen LogP) is 1.38. The van der Waals surface area contributed by atoms with Crippen LogP contribution in [0.2, 0.25) is 5.02 Å². The van der Waals surface area contributed by atoms with Gasteiger partial charge in [-0.25, -0.2) is 0 Å². The highest BCUT2D eigenvalue weighted by Gasteiger charge is 2.23. The standard InChI is InChI=1S/C10H9ClN2O4/c11-9-2-1-7(13(15)16)3-8(9)10(14)12-6-4-17-5-6/h1-3,6H,4-5H2,(H,12,14). The minimum Gasteiger partial charge on any atom is -0.377 e. The average molecular weight is 257 g/mol. The molecule has 1 aromatic rings. The number of amides is 1. The molecule has 1 aromatic carbocycles. The van der Waals surface area contributed by atoms with Gasteiger partial charge in [-0.15, -0.1) is 0 Å². The van der Waals surface area contributed by atoms with E-state index >= 15 is 0 Å². The lowest BCUT2D eigenvalue weighted by Gasteiger charge is -2.26. The zero-order valence-corrected chi connectivity index (χ0v) is 9.44. The summed E-state index contributed by atoms with van der Waals surface area (Å²) in [4.78, 5) is 21.8. The number of hydrogen-bond acceptors (Lipinski definition) is 4. The molecule has 0 saturated carbocycles. The minimum atomic E-state index is -0.570. The smallest absolute Gasteiger partial charge is 0.270 e. The highest BCUT2D eigenvalue weighted by atomic mass is 35.5. The molecule has 0 spiro atoms. The molecule has 1 fully saturated rings. The number of nitro benzene ring substituents is 1. The van der Waals surface area contributed by atoms with Crippen molar-refractivity contribution in [2.75, 3.05) is 13.2 Å². The van der Waals surface area contributed by atoms with Crippen molar-refractivity contribution in [1.82, 2.24) is 5.32 Å². The van der Waals surface area contributed by atoms with Crippen LogP contribution in [0, 0.1) is 10.1 Å². The van der Waals surface area contributed by atoms with E-state index in [1.165, 1.54) is 12.1 Å². The largest absolute Gasteiger partial charge is 0.377 e. The van der Waals surface area contributed by atoms with Gasteiger partial charge in [0.05, 0.1) is 34.8 Å². The molecule has 17 heavy (non-hydrogen) atoms. The fourth-order valence-corrected chi connectivity index (χ4v) is 1.59. The van der Waals surface area contributed by atoms with Gasteiger partial charge in [0, 0.05) is 12.1 Å². The van der Waals surface area contributed by atoms with Gasteiger partial charge in [-0.1, -0.05) is 11.6 Å². The Hall–Kier alpha value is -1.66. The van der Waals surface area contributed by atoms with E-state index in [1.54, 1.807) is 0 Å². The second kappa shape index (κ2) is 4.68. The maximum Gasteiger partial charge on any atom is 0.270 e. The van der Waals surface area contributed by atoms with Crippen molar-refractivity contribution < 1.29 is 14.5 Å². The molecule has 1 saturated heterocycles. The summed E-state index contributed by atoms with van der Waals surface area (Å²) < 4.78 is 4.91. The van der Waals surface area contributed by atoms with Gasteiger partial charge in [-0.3, -0.25) is 14.9 Å². The highest BCUT2D eigenvalue weighted by Crippen LogP contribution is 2.22. The lowest BCUT2D eigenvalue weighted by molar-refractivity contribution is -0.384. The molecule has 1 amide bonds. The third kappa shape index (κ3) is 2.54. The number of nitro groups is 1. The van der Waals surface area contributed by atoms with E-state index < -0.39 is 10.8 Å². The molecule has 90 valence electrons. The number of non-ortho nitro benzene ring substituents is 1. The minimum absolute atomic E-state index is 0.0437.